The van der Waals surface area contributed by atoms with Crippen molar-refractivity contribution in [3.8, 4) is 11.5 Å². The fraction of sp³-hybridized carbons (Fsp3) is 0.409. The lowest BCUT2D eigenvalue weighted by Gasteiger charge is -2.26. The summed E-state index contributed by atoms with van der Waals surface area (Å²) in [5.41, 5.74) is 1.54. The molecule has 8 heteroatoms. The molecule has 0 radical (unpaired) electrons. The van der Waals surface area contributed by atoms with Crippen LogP contribution >= 0.6 is 0 Å². The second kappa shape index (κ2) is 9.13. The third-order valence-corrected chi connectivity index (χ3v) is 5.44. The van der Waals surface area contributed by atoms with E-state index in [-0.39, 0.29) is 11.6 Å². The summed E-state index contributed by atoms with van der Waals surface area (Å²) in [4.78, 5) is 20.2. The lowest BCUT2D eigenvalue weighted by atomic mass is 9.85. The number of oxazole rings is 1. The smallest absolute Gasteiger partial charge is 0.295 e. The van der Waals surface area contributed by atoms with E-state index in [1.807, 2.05) is 0 Å². The van der Waals surface area contributed by atoms with Gasteiger partial charge < -0.3 is 24.9 Å². The van der Waals surface area contributed by atoms with Crippen LogP contribution in [0.5, 0.6) is 11.5 Å². The highest BCUT2D eigenvalue weighted by molar-refractivity contribution is 5.92. The lowest BCUT2D eigenvalue weighted by Crippen LogP contribution is -2.29. The van der Waals surface area contributed by atoms with Crippen LogP contribution in [0.1, 0.15) is 42.6 Å². The van der Waals surface area contributed by atoms with Gasteiger partial charge in [0.1, 0.15) is 22.7 Å². The van der Waals surface area contributed by atoms with Crippen LogP contribution in [0.3, 0.4) is 0 Å². The van der Waals surface area contributed by atoms with Gasteiger partial charge in [-0.3, -0.25) is 9.78 Å². The van der Waals surface area contributed by atoms with E-state index in [1.165, 1.54) is 25.5 Å². The Balaban J connectivity index is 1.41. The number of benzene rings is 1. The Hall–Kier alpha value is -3.13. The molecule has 158 valence electrons. The van der Waals surface area contributed by atoms with Crippen molar-refractivity contribution in [1.82, 2.24) is 15.3 Å². The molecule has 4 rings (SSSR count). The number of fused-ring (bicyclic) bond motifs is 1. The molecular formula is C22H26N4O4. The molecule has 8 nitrogen and oxygen atoms in total. The molecule has 1 fully saturated rings. The van der Waals surface area contributed by atoms with Crippen LogP contribution in [0.2, 0.25) is 0 Å². The number of aromatic nitrogens is 2. The molecule has 1 aromatic carbocycles. The molecule has 3 N–H and O–H groups in total. The Morgan fingerprint density at radius 3 is 2.83 bits per heavy atom. The molecule has 1 atom stereocenters. The molecule has 1 aliphatic carbocycles. The molecule has 30 heavy (non-hydrogen) atoms. The van der Waals surface area contributed by atoms with Crippen molar-refractivity contribution in [2.45, 2.75) is 38.2 Å². The third-order valence-electron chi connectivity index (χ3n) is 5.44. The van der Waals surface area contributed by atoms with Gasteiger partial charge in [0.15, 0.2) is 5.58 Å². The van der Waals surface area contributed by atoms with Gasteiger partial charge in [0.25, 0.3) is 11.9 Å². The summed E-state index contributed by atoms with van der Waals surface area (Å²) in [6, 6.07) is 8.96. The molecule has 0 saturated heterocycles. The lowest BCUT2D eigenvalue weighted by molar-refractivity contribution is 0.0950. The summed E-state index contributed by atoms with van der Waals surface area (Å²) in [7, 11) is 1.55. The van der Waals surface area contributed by atoms with Crippen LogP contribution in [-0.4, -0.2) is 40.7 Å². The zero-order valence-corrected chi connectivity index (χ0v) is 16.9. The van der Waals surface area contributed by atoms with Crippen molar-refractivity contribution in [1.29, 1.82) is 0 Å². The Kier molecular flexibility index (Phi) is 6.13. The van der Waals surface area contributed by atoms with E-state index in [9.17, 15) is 9.90 Å². The van der Waals surface area contributed by atoms with Gasteiger partial charge in [-0.1, -0.05) is 19.3 Å². The number of carbonyl (C=O) groups is 1. The number of pyridine rings is 1. The van der Waals surface area contributed by atoms with Crippen molar-refractivity contribution in [3.63, 3.8) is 0 Å². The summed E-state index contributed by atoms with van der Waals surface area (Å²) >= 11 is 0. The summed E-state index contributed by atoms with van der Waals surface area (Å²) in [5.74, 6) is 1.12. The molecule has 1 amide bonds. The summed E-state index contributed by atoms with van der Waals surface area (Å²) in [5, 5.41) is 16.1. The van der Waals surface area contributed by atoms with E-state index >= 15 is 0 Å². The van der Waals surface area contributed by atoms with Gasteiger partial charge in [0, 0.05) is 31.9 Å². The number of ether oxygens (including phenoxy) is 1. The van der Waals surface area contributed by atoms with Gasteiger partial charge in [0.05, 0.1) is 6.10 Å². The van der Waals surface area contributed by atoms with Crippen LogP contribution in [0, 0.1) is 5.92 Å². The first kappa shape index (κ1) is 20.2. The van der Waals surface area contributed by atoms with Gasteiger partial charge in [-0.2, -0.15) is 4.98 Å². The largest absolute Gasteiger partial charge is 0.457 e. The van der Waals surface area contributed by atoms with E-state index in [0.29, 0.717) is 41.1 Å². The summed E-state index contributed by atoms with van der Waals surface area (Å²) in [6.07, 6.45) is 6.91. The number of aliphatic hydroxyl groups excluding tert-OH is 1. The summed E-state index contributed by atoms with van der Waals surface area (Å²) < 4.78 is 11.6. The Bertz CT molecular complexity index is 1010. The molecule has 2 aromatic heterocycles. The first-order chi connectivity index (χ1) is 14.6. The van der Waals surface area contributed by atoms with Crippen molar-refractivity contribution >= 4 is 23.0 Å². The van der Waals surface area contributed by atoms with Crippen LogP contribution in [-0.2, 0) is 0 Å². The first-order valence-electron chi connectivity index (χ1n) is 10.3. The highest BCUT2D eigenvalue weighted by atomic mass is 16.5. The predicted molar refractivity (Wildman–Crippen MR) is 113 cm³/mol. The van der Waals surface area contributed by atoms with Crippen molar-refractivity contribution in [3.05, 3.63) is 42.2 Å². The molecule has 3 aromatic rings. The predicted octanol–water partition coefficient (Wildman–Crippen LogP) is 3.73. The maximum absolute atomic E-state index is 11.7. The number of amides is 1. The Morgan fingerprint density at radius 2 is 2.03 bits per heavy atom. The third kappa shape index (κ3) is 4.71. The van der Waals surface area contributed by atoms with Gasteiger partial charge in [-0.15, -0.1) is 0 Å². The number of aliphatic hydroxyl groups is 1. The van der Waals surface area contributed by atoms with E-state index in [4.69, 9.17) is 9.15 Å². The normalized spacial score (nSPS) is 15.7. The highest BCUT2D eigenvalue weighted by Crippen LogP contribution is 2.29. The minimum absolute atomic E-state index is 0.277. The minimum atomic E-state index is -0.402. The summed E-state index contributed by atoms with van der Waals surface area (Å²) in [6.45, 7) is 0.417. The first-order valence-corrected chi connectivity index (χ1v) is 10.3. The molecule has 0 aliphatic heterocycles. The maximum Gasteiger partial charge on any atom is 0.295 e. The quantitative estimate of drug-likeness (QED) is 0.544. The van der Waals surface area contributed by atoms with E-state index in [1.54, 1.807) is 37.4 Å². The monoisotopic (exact) mass is 410 g/mol. The number of carbonyl (C=O) groups excluding carboxylic acids is 1. The van der Waals surface area contributed by atoms with Crippen LogP contribution in [0.25, 0.3) is 11.1 Å². The Morgan fingerprint density at radius 1 is 1.23 bits per heavy atom. The minimum Gasteiger partial charge on any atom is -0.457 e. The van der Waals surface area contributed by atoms with Gasteiger partial charge in [0.2, 0.25) is 0 Å². The maximum atomic E-state index is 11.7. The number of hydrogen-bond donors (Lipinski definition) is 3. The molecule has 2 heterocycles. The molecular weight excluding hydrogens is 384 g/mol. The zero-order valence-electron chi connectivity index (χ0n) is 16.9. The number of anilines is 1. The van der Waals surface area contributed by atoms with Crippen LogP contribution < -0.4 is 15.4 Å². The molecule has 1 aliphatic rings. The average Bonchev–Trinajstić information content (AvgIpc) is 3.20. The number of hydrogen-bond acceptors (Lipinski definition) is 7. The zero-order chi connectivity index (χ0) is 20.9. The molecule has 0 spiro atoms. The highest BCUT2D eigenvalue weighted by Gasteiger charge is 2.22. The number of nitrogens with one attached hydrogen (secondary N) is 2. The van der Waals surface area contributed by atoms with Crippen molar-refractivity contribution in [2.75, 3.05) is 18.9 Å². The van der Waals surface area contributed by atoms with E-state index in [0.717, 1.165) is 12.8 Å². The molecule has 0 unspecified atom stereocenters. The van der Waals surface area contributed by atoms with Gasteiger partial charge in [-0.25, -0.2) is 0 Å². The SMILES string of the molecule is CNC(=O)c1cc(Oc2ccc3nc(NC[C@H](O)C4CCCCC4)oc3c2)ccn1. The fourth-order valence-electron chi connectivity index (χ4n) is 3.78. The Labute approximate surface area is 174 Å². The number of rotatable bonds is 7. The van der Waals surface area contributed by atoms with E-state index in [2.05, 4.69) is 20.6 Å². The topological polar surface area (TPSA) is 110 Å². The second-order valence-corrected chi connectivity index (χ2v) is 7.55. The standard InChI is InChI=1S/C22H26N4O4/c1-23-21(28)18-11-16(9-10-24-18)29-15-7-8-17-20(12-15)30-22(26-17)25-13-19(27)14-5-3-2-4-6-14/h7-12,14,19,27H,2-6,13H2,1H3,(H,23,28)(H,25,26)/t19-/m0/s1. The fourth-order valence-corrected chi connectivity index (χ4v) is 3.78. The average molecular weight is 410 g/mol. The molecule has 0 bridgehead atoms. The van der Waals surface area contributed by atoms with Gasteiger partial charge >= 0.3 is 0 Å². The van der Waals surface area contributed by atoms with Crippen LogP contribution in [0.4, 0.5) is 6.01 Å². The van der Waals surface area contributed by atoms with Crippen molar-refractivity contribution in [2.24, 2.45) is 5.92 Å². The van der Waals surface area contributed by atoms with Crippen molar-refractivity contribution < 1.29 is 19.1 Å². The number of nitrogens with zero attached hydrogens (tertiary/aromatic N) is 2. The molecule has 1 saturated carbocycles. The van der Waals surface area contributed by atoms with Gasteiger partial charge in [-0.05, 0) is 37.0 Å². The van der Waals surface area contributed by atoms with Crippen LogP contribution in [0.15, 0.2) is 40.9 Å². The second-order valence-electron chi connectivity index (χ2n) is 7.55. The van der Waals surface area contributed by atoms with E-state index < -0.39 is 6.10 Å².